The molecule has 4 rings (SSSR count). The Morgan fingerprint density at radius 2 is 1.97 bits per heavy atom. The van der Waals surface area contributed by atoms with Crippen LogP contribution in [0, 0.1) is 12.8 Å². The molecule has 0 radical (unpaired) electrons. The van der Waals surface area contributed by atoms with Crippen LogP contribution in [0.25, 0.3) is 0 Å². The second kappa shape index (κ2) is 8.22. The zero-order valence-electron chi connectivity index (χ0n) is 18.8. The van der Waals surface area contributed by atoms with E-state index >= 15 is 0 Å². The van der Waals surface area contributed by atoms with Gasteiger partial charge in [-0.05, 0) is 51.8 Å². The minimum Gasteiger partial charge on any atom is -0.484 e. The highest BCUT2D eigenvalue weighted by molar-refractivity contribution is 6.00. The zero-order chi connectivity index (χ0) is 21.5. The number of ether oxygens (including phenoxy) is 1. The molecule has 0 saturated carbocycles. The van der Waals surface area contributed by atoms with Crippen molar-refractivity contribution in [3.63, 3.8) is 0 Å². The van der Waals surface area contributed by atoms with Gasteiger partial charge in [0.25, 0.3) is 5.91 Å². The Morgan fingerprint density at radius 3 is 2.67 bits per heavy atom. The number of aryl methyl sites for hydroxylation is 1. The highest BCUT2D eigenvalue weighted by Crippen LogP contribution is 2.36. The molecule has 2 atom stereocenters. The number of piperidine rings is 2. The fraction of sp³-hybridized carbons (Fsp3) is 0.667. The minimum absolute atomic E-state index is 0.0640. The third-order valence-corrected chi connectivity index (χ3v) is 7.10. The van der Waals surface area contributed by atoms with Gasteiger partial charge in [0.1, 0.15) is 17.4 Å². The van der Waals surface area contributed by atoms with Crippen LogP contribution in [-0.2, 0) is 4.79 Å². The minimum atomic E-state index is -0.491. The number of hydrogen-bond donors (Lipinski definition) is 0. The molecule has 0 aromatic heterocycles. The average Bonchev–Trinajstić information content (AvgIpc) is 2.85. The van der Waals surface area contributed by atoms with E-state index in [2.05, 4.69) is 18.9 Å². The number of rotatable bonds is 2. The van der Waals surface area contributed by atoms with Crippen molar-refractivity contribution in [3.05, 3.63) is 29.3 Å². The van der Waals surface area contributed by atoms with Crippen molar-refractivity contribution in [2.45, 2.75) is 58.1 Å². The van der Waals surface area contributed by atoms with Crippen molar-refractivity contribution in [1.82, 2.24) is 14.7 Å². The standard InChI is InChI=1S/C24H35N3O3/c1-17-7-8-21-20(14-17)23(29)27(16-24(30-21)9-12-25(4)13-10-24)19(3)22(28)26-11-5-6-18(2)15-26/h7-8,14,18-19H,5-6,9-13,15-16H2,1-4H3. The second-order valence-electron chi connectivity index (χ2n) is 9.73. The van der Waals surface area contributed by atoms with Gasteiger partial charge >= 0.3 is 0 Å². The zero-order valence-corrected chi connectivity index (χ0v) is 18.8. The lowest BCUT2D eigenvalue weighted by Gasteiger charge is -2.43. The monoisotopic (exact) mass is 413 g/mol. The molecule has 2 amide bonds. The molecule has 30 heavy (non-hydrogen) atoms. The predicted molar refractivity (Wildman–Crippen MR) is 117 cm³/mol. The molecule has 6 nitrogen and oxygen atoms in total. The number of nitrogens with zero attached hydrogens (tertiary/aromatic N) is 3. The molecule has 1 spiro atoms. The topological polar surface area (TPSA) is 53.1 Å². The number of fused-ring (bicyclic) bond motifs is 1. The van der Waals surface area contributed by atoms with Gasteiger partial charge in [-0.2, -0.15) is 0 Å². The molecule has 0 N–H and O–H groups in total. The maximum atomic E-state index is 13.6. The highest BCUT2D eigenvalue weighted by Gasteiger charge is 2.45. The van der Waals surface area contributed by atoms with Crippen molar-refractivity contribution in [1.29, 1.82) is 0 Å². The average molecular weight is 414 g/mol. The normalized spacial score (nSPS) is 25.5. The van der Waals surface area contributed by atoms with Gasteiger partial charge < -0.3 is 19.4 Å². The number of likely N-dealkylation sites (tertiary alicyclic amines) is 2. The molecular formula is C24H35N3O3. The molecule has 1 aromatic rings. The van der Waals surface area contributed by atoms with Crippen LogP contribution in [-0.4, -0.2) is 77.9 Å². The van der Waals surface area contributed by atoms with E-state index < -0.39 is 11.6 Å². The second-order valence-corrected chi connectivity index (χ2v) is 9.73. The van der Waals surface area contributed by atoms with E-state index in [1.165, 1.54) is 0 Å². The summed E-state index contributed by atoms with van der Waals surface area (Å²) in [6.45, 7) is 9.96. The Balaban J connectivity index is 1.66. The van der Waals surface area contributed by atoms with Crippen molar-refractivity contribution in [3.8, 4) is 5.75 Å². The summed E-state index contributed by atoms with van der Waals surface area (Å²) >= 11 is 0. The van der Waals surface area contributed by atoms with E-state index in [0.29, 0.717) is 23.8 Å². The summed E-state index contributed by atoms with van der Waals surface area (Å²) in [6, 6.07) is 5.33. The number of benzene rings is 1. The molecule has 3 heterocycles. The van der Waals surface area contributed by atoms with Crippen LogP contribution in [0.4, 0.5) is 0 Å². The first-order chi connectivity index (χ1) is 14.3. The quantitative estimate of drug-likeness (QED) is 0.748. The Bertz CT molecular complexity index is 816. The number of carbonyl (C=O) groups is 2. The van der Waals surface area contributed by atoms with E-state index in [-0.39, 0.29) is 11.8 Å². The number of amides is 2. The molecule has 0 bridgehead atoms. The smallest absolute Gasteiger partial charge is 0.258 e. The van der Waals surface area contributed by atoms with Crippen LogP contribution >= 0.6 is 0 Å². The summed E-state index contributed by atoms with van der Waals surface area (Å²) in [6.07, 6.45) is 3.90. The van der Waals surface area contributed by atoms with E-state index in [1.54, 1.807) is 4.90 Å². The van der Waals surface area contributed by atoms with Crippen molar-refractivity contribution < 1.29 is 14.3 Å². The van der Waals surface area contributed by atoms with Crippen LogP contribution in [0.1, 0.15) is 55.5 Å². The van der Waals surface area contributed by atoms with Gasteiger partial charge in [-0.1, -0.05) is 18.6 Å². The third kappa shape index (κ3) is 4.07. The van der Waals surface area contributed by atoms with E-state index in [1.807, 2.05) is 36.9 Å². The largest absolute Gasteiger partial charge is 0.484 e. The molecular weight excluding hydrogens is 378 g/mol. The van der Waals surface area contributed by atoms with Gasteiger partial charge in [0, 0.05) is 39.0 Å². The van der Waals surface area contributed by atoms with E-state index in [9.17, 15) is 9.59 Å². The summed E-state index contributed by atoms with van der Waals surface area (Å²) in [5.41, 5.74) is 1.16. The van der Waals surface area contributed by atoms with Gasteiger partial charge in [-0.3, -0.25) is 9.59 Å². The van der Waals surface area contributed by atoms with Crippen LogP contribution in [0.15, 0.2) is 18.2 Å². The van der Waals surface area contributed by atoms with Crippen molar-refractivity contribution in [2.24, 2.45) is 5.92 Å². The molecule has 164 valence electrons. The Hall–Kier alpha value is -2.08. The molecule has 1 aromatic carbocycles. The van der Waals surface area contributed by atoms with Crippen LogP contribution in [0.3, 0.4) is 0 Å². The van der Waals surface area contributed by atoms with Gasteiger partial charge in [-0.25, -0.2) is 0 Å². The summed E-state index contributed by atoms with van der Waals surface area (Å²) < 4.78 is 6.57. The summed E-state index contributed by atoms with van der Waals surface area (Å²) in [4.78, 5) is 33.1. The third-order valence-electron chi connectivity index (χ3n) is 7.10. The fourth-order valence-corrected chi connectivity index (χ4v) is 5.09. The highest BCUT2D eigenvalue weighted by atomic mass is 16.5. The SMILES string of the molecule is Cc1ccc2c(c1)C(=O)N(C(C)C(=O)N1CCCC(C)C1)CC1(CCN(C)CC1)O2. The first kappa shape index (κ1) is 21.2. The molecule has 0 aliphatic carbocycles. The summed E-state index contributed by atoms with van der Waals surface area (Å²) in [5.74, 6) is 1.15. The Kier molecular flexibility index (Phi) is 5.80. The van der Waals surface area contributed by atoms with Gasteiger partial charge in [-0.15, -0.1) is 0 Å². The van der Waals surface area contributed by atoms with Gasteiger partial charge in [0.2, 0.25) is 5.91 Å². The summed E-state index contributed by atoms with van der Waals surface area (Å²) in [7, 11) is 2.12. The maximum absolute atomic E-state index is 13.6. The first-order valence-electron chi connectivity index (χ1n) is 11.4. The molecule has 6 heteroatoms. The van der Waals surface area contributed by atoms with Crippen molar-refractivity contribution in [2.75, 3.05) is 39.8 Å². The number of hydrogen-bond acceptors (Lipinski definition) is 4. The van der Waals surface area contributed by atoms with Crippen LogP contribution < -0.4 is 4.74 Å². The van der Waals surface area contributed by atoms with Crippen molar-refractivity contribution >= 4 is 11.8 Å². The van der Waals surface area contributed by atoms with Crippen LogP contribution in [0.2, 0.25) is 0 Å². The first-order valence-corrected chi connectivity index (χ1v) is 11.4. The van der Waals surface area contributed by atoms with E-state index in [0.717, 1.165) is 57.4 Å². The summed E-state index contributed by atoms with van der Waals surface area (Å²) in [5, 5.41) is 0. The molecule has 2 fully saturated rings. The molecule has 2 unspecified atom stereocenters. The fourth-order valence-electron chi connectivity index (χ4n) is 5.09. The lowest BCUT2D eigenvalue weighted by Crippen LogP contribution is -2.58. The molecule has 2 saturated heterocycles. The van der Waals surface area contributed by atoms with Gasteiger partial charge in [0.05, 0.1) is 12.1 Å². The van der Waals surface area contributed by atoms with Crippen LogP contribution in [0.5, 0.6) is 5.75 Å². The lowest BCUT2D eigenvalue weighted by molar-refractivity contribution is -0.138. The Morgan fingerprint density at radius 1 is 1.23 bits per heavy atom. The molecule has 3 aliphatic rings. The predicted octanol–water partition coefficient (Wildman–Crippen LogP) is 2.94. The number of carbonyl (C=O) groups excluding carboxylic acids is 2. The van der Waals surface area contributed by atoms with E-state index in [4.69, 9.17) is 4.74 Å². The lowest BCUT2D eigenvalue weighted by atomic mass is 9.90. The Labute approximate surface area is 180 Å². The maximum Gasteiger partial charge on any atom is 0.258 e. The molecule has 3 aliphatic heterocycles. The van der Waals surface area contributed by atoms with Gasteiger partial charge in [0.15, 0.2) is 0 Å².